The molecule has 12 heteroatoms. The first-order chi connectivity index (χ1) is 30.1. The Morgan fingerprint density at radius 2 is 1.16 bits per heavy atom. The Morgan fingerprint density at radius 1 is 0.597 bits per heavy atom. The summed E-state index contributed by atoms with van der Waals surface area (Å²) in [6.07, 6.45) is 0. The van der Waals surface area contributed by atoms with Crippen LogP contribution in [0.4, 0.5) is 0 Å². The fraction of sp³-hybridized carbons (Fsp3) is 0.200. The monoisotopic (exact) mass is 838 g/mol. The summed E-state index contributed by atoms with van der Waals surface area (Å²) in [5, 5.41) is 14.7. The number of hydrogen-bond donors (Lipinski definition) is 3. The van der Waals surface area contributed by atoms with Crippen LogP contribution < -0.4 is 9.47 Å². The Morgan fingerprint density at radius 3 is 1.74 bits per heavy atom. The molecule has 0 radical (unpaired) electrons. The molecule has 0 aliphatic rings. The molecule has 4 aromatic heterocycles. The van der Waals surface area contributed by atoms with Crippen LogP contribution in [0.15, 0.2) is 121 Å². The molecular formula is C50H50N8O3Si. The number of nitrogens with one attached hydrogen (secondary N) is 3. The summed E-state index contributed by atoms with van der Waals surface area (Å²) < 4.78 is 19.0. The average Bonchev–Trinajstić information content (AvgIpc) is 4.08. The number of para-hydroxylation sites is 4. The summed E-state index contributed by atoms with van der Waals surface area (Å²) in [5.74, 6) is 3.29. The van der Waals surface area contributed by atoms with Gasteiger partial charge in [0.05, 0.1) is 47.3 Å². The highest BCUT2D eigenvalue weighted by Gasteiger charge is 2.19. The number of rotatable bonds is 11. The second-order valence-electron chi connectivity index (χ2n) is 16.7. The number of aromatic nitrogens is 8. The Balaban J connectivity index is 0.000000163. The highest BCUT2D eigenvalue weighted by atomic mass is 28.3. The van der Waals surface area contributed by atoms with E-state index in [1.807, 2.05) is 77.5 Å². The van der Waals surface area contributed by atoms with Crippen LogP contribution in [0.1, 0.15) is 11.1 Å². The Kier molecular flexibility index (Phi) is 10.9. The maximum Gasteiger partial charge on any atom is 0.159 e. The Hall–Kier alpha value is -7.02. The highest BCUT2D eigenvalue weighted by Crippen LogP contribution is 2.36. The molecule has 0 spiro atoms. The standard InChI is InChI=1S/C28H32N4O2Si.C22H18N4O/c1-19-21(9-8-12-26(19)33-2)20-13-14-25-22(17-20)27(28-29-23-10-6-7-11-24(23)30-28)31-32(25)18-34-15-16-35(3,4)5;1-13-15(6-5-9-20(13)27-2)14-10-11-17-16(12-14)21(26-25-17)22-23-18-7-3-4-8-19(18)24-22/h6-14,17H,15-16,18H2,1-5H3,(H,29,30);3-12H,1-2H3,(H,23,24)(H,25,26). The molecule has 0 saturated carbocycles. The van der Waals surface area contributed by atoms with Crippen molar-refractivity contribution in [1.82, 2.24) is 39.9 Å². The molecular weight excluding hydrogens is 789 g/mol. The van der Waals surface area contributed by atoms with E-state index in [4.69, 9.17) is 29.3 Å². The van der Waals surface area contributed by atoms with Crippen LogP contribution in [-0.2, 0) is 11.5 Å². The van der Waals surface area contributed by atoms with Gasteiger partial charge < -0.3 is 24.2 Å². The molecule has 0 fully saturated rings. The molecule has 0 amide bonds. The van der Waals surface area contributed by atoms with Crippen LogP contribution in [0.5, 0.6) is 11.5 Å². The average molecular weight is 839 g/mol. The molecule has 0 bridgehead atoms. The van der Waals surface area contributed by atoms with E-state index in [1.54, 1.807) is 14.2 Å². The Bertz CT molecular complexity index is 3140. The van der Waals surface area contributed by atoms with Crippen molar-refractivity contribution in [2.24, 2.45) is 0 Å². The molecule has 10 rings (SSSR count). The van der Waals surface area contributed by atoms with Crippen LogP contribution >= 0.6 is 0 Å². The second kappa shape index (κ2) is 16.8. The van der Waals surface area contributed by atoms with Crippen LogP contribution in [0.3, 0.4) is 0 Å². The topological polar surface area (TPSA) is 132 Å². The molecule has 0 unspecified atom stereocenters. The summed E-state index contributed by atoms with van der Waals surface area (Å²) in [7, 11) is 2.26. The van der Waals surface area contributed by atoms with Gasteiger partial charge in [0, 0.05) is 25.5 Å². The second-order valence-corrected chi connectivity index (χ2v) is 22.4. The quantitative estimate of drug-likeness (QED) is 0.0873. The molecule has 312 valence electrons. The highest BCUT2D eigenvalue weighted by molar-refractivity contribution is 6.76. The lowest BCUT2D eigenvalue weighted by molar-refractivity contribution is 0.0818. The summed E-state index contributed by atoms with van der Waals surface area (Å²) >= 11 is 0. The first-order valence-corrected chi connectivity index (χ1v) is 24.5. The van der Waals surface area contributed by atoms with Gasteiger partial charge in [-0.15, -0.1) is 0 Å². The van der Waals surface area contributed by atoms with E-state index < -0.39 is 8.07 Å². The fourth-order valence-electron chi connectivity index (χ4n) is 7.94. The van der Waals surface area contributed by atoms with Gasteiger partial charge in [0.2, 0.25) is 0 Å². The van der Waals surface area contributed by atoms with Gasteiger partial charge in [-0.2, -0.15) is 10.2 Å². The number of nitrogens with zero attached hydrogens (tertiary/aromatic N) is 5. The normalized spacial score (nSPS) is 11.7. The predicted molar refractivity (Wildman–Crippen MR) is 254 cm³/mol. The first kappa shape index (κ1) is 40.4. The van der Waals surface area contributed by atoms with Gasteiger partial charge in [0.25, 0.3) is 0 Å². The Labute approximate surface area is 361 Å². The SMILES string of the molecule is COc1cccc(-c2ccc3[nH]nc(-c4nc5ccccc5[nH]4)c3c2)c1C.COc1cccc(-c2ccc3c(c2)c(-c2nc4ccccc4[nH]2)nn3COCC[Si](C)(C)C)c1C. The van der Waals surface area contributed by atoms with E-state index in [-0.39, 0.29) is 0 Å². The van der Waals surface area contributed by atoms with Crippen molar-refractivity contribution in [3.63, 3.8) is 0 Å². The predicted octanol–water partition coefficient (Wildman–Crippen LogP) is 12.0. The van der Waals surface area contributed by atoms with Crippen molar-refractivity contribution in [3.8, 4) is 56.8 Å². The zero-order chi connectivity index (χ0) is 43.0. The summed E-state index contributed by atoms with van der Waals surface area (Å²) in [6, 6.07) is 42.2. The lowest BCUT2D eigenvalue weighted by Gasteiger charge is -2.15. The zero-order valence-corrected chi connectivity index (χ0v) is 37.1. The van der Waals surface area contributed by atoms with E-state index >= 15 is 0 Å². The van der Waals surface area contributed by atoms with E-state index in [0.29, 0.717) is 6.73 Å². The van der Waals surface area contributed by atoms with Gasteiger partial charge in [-0.3, -0.25) is 5.10 Å². The van der Waals surface area contributed by atoms with Crippen molar-refractivity contribution in [2.75, 3.05) is 20.8 Å². The molecule has 0 atom stereocenters. The van der Waals surface area contributed by atoms with Crippen molar-refractivity contribution in [2.45, 2.75) is 46.3 Å². The number of ether oxygens (including phenoxy) is 3. The lowest BCUT2D eigenvalue weighted by atomic mass is 9.98. The molecule has 0 aliphatic heterocycles. The van der Waals surface area contributed by atoms with Crippen LogP contribution in [0.25, 0.3) is 89.2 Å². The van der Waals surface area contributed by atoms with Crippen LogP contribution in [-0.4, -0.2) is 68.8 Å². The largest absolute Gasteiger partial charge is 0.496 e. The number of imidazole rings is 2. The van der Waals surface area contributed by atoms with Gasteiger partial charge >= 0.3 is 0 Å². The van der Waals surface area contributed by atoms with E-state index in [0.717, 1.165) is 124 Å². The van der Waals surface area contributed by atoms with E-state index in [9.17, 15) is 0 Å². The molecule has 3 N–H and O–H groups in total. The minimum absolute atomic E-state index is 0.415. The number of methoxy groups -OCH3 is 2. The summed E-state index contributed by atoms with van der Waals surface area (Å²) in [4.78, 5) is 16.3. The molecule has 6 aromatic carbocycles. The molecule has 62 heavy (non-hydrogen) atoms. The maximum atomic E-state index is 6.06. The zero-order valence-electron chi connectivity index (χ0n) is 36.1. The van der Waals surface area contributed by atoms with Crippen molar-refractivity contribution >= 4 is 51.9 Å². The minimum atomic E-state index is -1.15. The third-order valence-electron chi connectivity index (χ3n) is 11.4. The van der Waals surface area contributed by atoms with Crippen molar-refractivity contribution in [1.29, 1.82) is 0 Å². The molecule has 4 heterocycles. The number of H-pyrrole nitrogens is 3. The van der Waals surface area contributed by atoms with Crippen molar-refractivity contribution in [3.05, 3.63) is 132 Å². The number of aromatic amines is 3. The summed E-state index contributed by atoms with van der Waals surface area (Å²) in [6.45, 7) is 12.4. The van der Waals surface area contributed by atoms with Crippen molar-refractivity contribution < 1.29 is 14.2 Å². The lowest BCUT2D eigenvalue weighted by Crippen LogP contribution is -2.22. The first-order valence-electron chi connectivity index (χ1n) is 20.8. The van der Waals surface area contributed by atoms with Gasteiger partial charge in [-0.1, -0.05) is 80.3 Å². The van der Waals surface area contributed by atoms with Crippen LogP contribution in [0.2, 0.25) is 25.7 Å². The maximum absolute atomic E-state index is 6.06. The van der Waals surface area contributed by atoms with Gasteiger partial charge in [0.15, 0.2) is 11.6 Å². The van der Waals surface area contributed by atoms with Gasteiger partial charge in [0.1, 0.15) is 29.6 Å². The fourth-order valence-corrected chi connectivity index (χ4v) is 8.69. The van der Waals surface area contributed by atoms with Gasteiger partial charge in [-0.05, 0) is 114 Å². The molecule has 11 nitrogen and oxygen atoms in total. The number of benzene rings is 6. The van der Waals surface area contributed by atoms with E-state index in [2.05, 4.69) is 102 Å². The molecule has 0 saturated heterocycles. The third kappa shape index (κ3) is 7.97. The van der Waals surface area contributed by atoms with Crippen LogP contribution in [0, 0.1) is 13.8 Å². The van der Waals surface area contributed by atoms with E-state index in [1.165, 1.54) is 0 Å². The molecule has 10 aromatic rings. The number of hydrogen-bond acceptors (Lipinski definition) is 7. The summed E-state index contributed by atoms with van der Waals surface area (Å²) in [5.41, 5.74) is 14.3. The smallest absolute Gasteiger partial charge is 0.159 e. The minimum Gasteiger partial charge on any atom is -0.496 e. The molecule has 0 aliphatic carbocycles. The third-order valence-corrected chi connectivity index (χ3v) is 13.1. The van der Waals surface area contributed by atoms with Gasteiger partial charge in [-0.25, -0.2) is 14.6 Å². The number of fused-ring (bicyclic) bond motifs is 4.